The fourth-order valence-corrected chi connectivity index (χ4v) is 2.03. The highest BCUT2D eigenvalue weighted by atomic mass is 16.2. The maximum Gasteiger partial charge on any atom is 0.237 e. The van der Waals surface area contributed by atoms with E-state index in [0.717, 1.165) is 38.2 Å². The third kappa shape index (κ3) is 3.03. The van der Waals surface area contributed by atoms with Crippen LogP contribution in [0.15, 0.2) is 6.33 Å². The smallest absolute Gasteiger partial charge is 0.237 e. The van der Waals surface area contributed by atoms with E-state index >= 15 is 0 Å². The first-order valence-corrected chi connectivity index (χ1v) is 6.19. The molecule has 1 aromatic rings. The van der Waals surface area contributed by atoms with Gasteiger partial charge in [-0.05, 0) is 26.2 Å². The average Bonchev–Trinajstić information content (AvgIpc) is 2.70. The Balaban J connectivity index is 1.90. The number of rotatable bonds is 4. The molecule has 1 amide bonds. The molecule has 2 N–H and O–H groups in total. The van der Waals surface area contributed by atoms with Crippen LogP contribution in [-0.4, -0.2) is 33.3 Å². The number of carbonyl (C=O) groups excluding carboxylic acids is 1. The molecule has 0 aliphatic carbocycles. The lowest BCUT2D eigenvalue weighted by atomic mass is 10.1. The van der Waals surface area contributed by atoms with Gasteiger partial charge in [0, 0.05) is 13.1 Å². The summed E-state index contributed by atoms with van der Waals surface area (Å²) in [7, 11) is 0. The molecule has 0 saturated carbocycles. The predicted octanol–water partition coefficient (Wildman–Crippen LogP) is 0.0563. The molecule has 1 fully saturated rings. The van der Waals surface area contributed by atoms with Crippen molar-refractivity contribution in [2.24, 2.45) is 0 Å². The summed E-state index contributed by atoms with van der Waals surface area (Å²) in [5.41, 5.74) is 0. The van der Waals surface area contributed by atoms with E-state index in [2.05, 4.69) is 20.8 Å². The van der Waals surface area contributed by atoms with Gasteiger partial charge in [0.05, 0.1) is 12.6 Å². The number of nitrogens with zero attached hydrogens (tertiary/aromatic N) is 3. The molecule has 0 bridgehead atoms. The third-order valence-electron chi connectivity index (χ3n) is 3.08. The molecule has 6 heteroatoms. The van der Waals surface area contributed by atoms with Crippen LogP contribution in [0.3, 0.4) is 0 Å². The Morgan fingerprint density at radius 1 is 1.59 bits per heavy atom. The van der Waals surface area contributed by atoms with Gasteiger partial charge in [-0.3, -0.25) is 10.1 Å². The third-order valence-corrected chi connectivity index (χ3v) is 3.08. The highest BCUT2D eigenvalue weighted by molar-refractivity contribution is 5.81. The number of aryl methyl sites for hydroxylation is 1. The predicted molar refractivity (Wildman–Crippen MR) is 63.2 cm³/mol. The molecule has 6 nitrogen and oxygen atoms in total. The van der Waals surface area contributed by atoms with E-state index in [0.29, 0.717) is 6.54 Å². The van der Waals surface area contributed by atoms with Crippen molar-refractivity contribution in [1.29, 1.82) is 0 Å². The maximum absolute atomic E-state index is 11.7. The van der Waals surface area contributed by atoms with Crippen molar-refractivity contribution >= 4 is 5.91 Å². The van der Waals surface area contributed by atoms with Crippen molar-refractivity contribution < 1.29 is 4.79 Å². The molecule has 1 aliphatic rings. The van der Waals surface area contributed by atoms with Crippen molar-refractivity contribution in [3.8, 4) is 0 Å². The van der Waals surface area contributed by atoms with Gasteiger partial charge in [0.1, 0.15) is 12.2 Å². The van der Waals surface area contributed by atoms with Crippen LogP contribution in [0.2, 0.25) is 0 Å². The number of carbonyl (C=O) groups is 1. The molecule has 1 saturated heterocycles. The highest BCUT2D eigenvalue weighted by Crippen LogP contribution is 2.06. The minimum Gasteiger partial charge on any atom is -0.355 e. The number of hydrogen-bond donors (Lipinski definition) is 2. The van der Waals surface area contributed by atoms with Crippen LogP contribution in [0.25, 0.3) is 0 Å². The first-order valence-electron chi connectivity index (χ1n) is 6.19. The molecule has 1 unspecified atom stereocenters. The molecule has 0 spiro atoms. The number of aromatic nitrogens is 3. The fraction of sp³-hybridized carbons (Fsp3) is 0.727. The molecule has 0 aromatic carbocycles. The number of nitrogens with one attached hydrogen (secondary N) is 2. The Hall–Kier alpha value is -1.43. The molecule has 1 atom stereocenters. The van der Waals surface area contributed by atoms with E-state index in [9.17, 15) is 4.79 Å². The molecule has 94 valence electrons. The lowest BCUT2D eigenvalue weighted by molar-refractivity contribution is -0.122. The average molecular weight is 237 g/mol. The van der Waals surface area contributed by atoms with E-state index < -0.39 is 0 Å². The lowest BCUT2D eigenvalue weighted by Gasteiger charge is -2.14. The standard InChI is InChI=1S/C11H19N5O/c1-2-16-8-14-15-10(16)7-13-9-5-3-4-6-12-11(9)17/h8-9,13H,2-7H2,1H3,(H,12,17). The van der Waals surface area contributed by atoms with Crippen molar-refractivity contribution in [3.63, 3.8) is 0 Å². The van der Waals surface area contributed by atoms with Gasteiger partial charge in [0.25, 0.3) is 0 Å². The summed E-state index contributed by atoms with van der Waals surface area (Å²) in [6.07, 6.45) is 4.75. The van der Waals surface area contributed by atoms with Gasteiger partial charge in [-0.1, -0.05) is 0 Å². The van der Waals surface area contributed by atoms with Crippen molar-refractivity contribution in [1.82, 2.24) is 25.4 Å². The summed E-state index contributed by atoms with van der Waals surface area (Å²) in [4.78, 5) is 11.7. The van der Waals surface area contributed by atoms with Crippen LogP contribution in [0.4, 0.5) is 0 Å². The summed E-state index contributed by atoms with van der Waals surface area (Å²) in [5.74, 6) is 0.981. The van der Waals surface area contributed by atoms with Gasteiger partial charge in [-0.2, -0.15) is 0 Å². The van der Waals surface area contributed by atoms with Crippen molar-refractivity contribution in [2.75, 3.05) is 6.54 Å². The Labute approximate surface area is 101 Å². The Morgan fingerprint density at radius 3 is 3.29 bits per heavy atom. The van der Waals surface area contributed by atoms with Crippen molar-refractivity contribution in [2.45, 2.75) is 45.3 Å². The SMILES string of the molecule is CCn1cnnc1CNC1CCCCNC1=O. The van der Waals surface area contributed by atoms with E-state index in [4.69, 9.17) is 0 Å². The van der Waals surface area contributed by atoms with E-state index in [1.54, 1.807) is 6.33 Å². The summed E-state index contributed by atoms with van der Waals surface area (Å²) >= 11 is 0. The molecule has 2 heterocycles. The molecule has 0 radical (unpaired) electrons. The molecule has 2 rings (SSSR count). The first kappa shape index (κ1) is 12.0. The lowest BCUT2D eigenvalue weighted by Crippen LogP contribution is -2.42. The van der Waals surface area contributed by atoms with Crippen LogP contribution < -0.4 is 10.6 Å². The van der Waals surface area contributed by atoms with Crippen molar-refractivity contribution in [3.05, 3.63) is 12.2 Å². The Kier molecular flexibility index (Phi) is 4.08. The van der Waals surface area contributed by atoms with Gasteiger partial charge in [-0.15, -0.1) is 10.2 Å². The van der Waals surface area contributed by atoms with E-state index in [-0.39, 0.29) is 11.9 Å². The first-order chi connectivity index (χ1) is 8.31. The zero-order valence-corrected chi connectivity index (χ0v) is 10.1. The Bertz CT molecular complexity index is 376. The zero-order valence-electron chi connectivity index (χ0n) is 10.1. The highest BCUT2D eigenvalue weighted by Gasteiger charge is 2.20. The largest absolute Gasteiger partial charge is 0.355 e. The maximum atomic E-state index is 11.7. The van der Waals surface area contributed by atoms with E-state index in [1.165, 1.54) is 0 Å². The normalized spacial score (nSPS) is 21.0. The molecule has 1 aromatic heterocycles. The topological polar surface area (TPSA) is 71.8 Å². The molecule has 17 heavy (non-hydrogen) atoms. The van der Waals surface area contributed by atoms with Crippen LogP contribution in [0, 0.1) is 0 Å². The minimum absolute atomic E-state index is 0.0977. The fourth-order valence-electron chi connectivity index (χ4n) is 2.03. The van der Waals surface area contributed by atoms with Gasteiger partial charge in [0.15, 0.2) is 0 Å². The molecular formula is C11H19N5O. The van der Waals surface area contributed by atoms with Crippen LogP contribution >= 0.6 is 0 Å². The quantitative estimate of drug-likeness (QED) is 0.776. The summed E-state index contributed by atoms with van der Waals surface area (Å²) < 4.78 is 1.97. The summed E-state index contributed by atoms with van der Waals surface area (Å²) in [5, 5.41) is 14.1. The number of hydrogen-bond acceptors (Lipinski definition) is 4. The number of amides is 1. The second kappa shape index (κ2) is 5.77. The van der Waals surface area contributed by atoms with Crippen LogP contribution in [0.1, 0.15) is 32.0 Å². The molecule has 1 aliphatic heterocycles. The molecular weight excluding hydrogens is 218 g/mol. The van der Waals surface area contributed by atoms with E-state index in [1.807, 2.05) is 11.5 Å². The van der Waals surface area contributed by atoms with Gasteiger partial charge >= 0.3 is 0 Å². The van der Waals surface area contributed by atoms with Gasteiger partial charge < -0.3 is 9.88 Å². The van der Waals surface area contributed by atoms with Gasteiger partial charge in [0.2, 0.25) is 5.91 Å². The van der Waals surface area contributed by atoms with Crippen LogP contribution in [-0.2, 0) is 17.9 Å². The second-order valence-corrected chi connectivity index (χ2v) is 4.25. The summed E-state index contributed by atoms with van der Waals surface area (Å²) in [6, 6.07) is -0.0977. The van der Waals surface area contributed by atoms with Gasteiger partial charge in [-0.25, -0.2) is 0 Å². The Morgan fingerprint density at radius 2 is 2.47 bits per heavy atom. The summed E-state index contributed by atoms with van der Waals surface area (Å²) in [6.45, 7) is 4.28. The zero-order chi connectivity index (χ0) is 12.1. The second-order valence-electron chi connectivity index (χ2n) is 4.25. The van der Waals surface area contributed by atoms with Crippen LogP contribution in [0.5, 0.6) is 0 Å². The minimum atomic E-state index is -0.0977. The monoisotopic (exact) mass is 237 g/mol.